The van der Waals surface area contributed by atoms with Crippen molar-refractivity contribution in [2.45, 2.75) is 43.6 Å². The highest BCUT2D eigenvalue weighted by Gasteiger charge is 2.39. The number of hydrogen-bond acceptors (Lipinski definition) is 7. The van der Waals surface area contributed by atoms with Crippen LogP contribution in [0.3, 0.4) is 0 Å². The predicted octanol–water partition coefficient (Wildman–Crippen LogP) is 1.58. The minimum absolute atomic E-state index is 0.317. The molecule has 2 aliphatic rings. The van der Waals surface area contributed by atoms with Crippen LogP contribution in [0.15, 0.2) is 23.1 Å². The molecule has 2 fully saturated rings. The van der Waals surface area contributed by atoms with E-state index in [0.29, 0.717) is 11.7 Å². The monoisotopic (exact) mass is 300 g/mol. The van der Waals surface area contributed by atoms with Gasteiger partial charge in [-0.15, -0.1) is 0 Å². The second-order valence-electron chi connectivity index (χ2n) is 6.29. The first-order valence-corrected chi connectivity index (χ1v) is 7.88. The van der Waals surface area contributed by atoms with E-state index in [4.69, 9.17) is 10.3 Å². The summed E-state index contributed by atoms with van der Waals surface area (Å²) in [4.78, 5) is 15.3. The van der Waals surface area contributed by atoms with Crippen molar-refractivity contribution in [2.75, 3.05) is 18.0 Å². The molecule has 7 nitrogen and oxygen atoms in total. The maximum atomic E-state index is 6.26. The van der Waals surface area contributed by atoms with E-state index in [9.17, 15) is 0 Å². The van der Waals surface area contributed by atoms with Gasteiger partial charge in [-0.25, -0.2) is 4.98 Å². The molecule has 1 saturated heterocycles. The van der Waals surface area contributed by atoms with E-state index >= 15 is 0 Å². The first kappa shape index (κ1) is 13.6. The number of nitrogens with two attached hydrogens (primary N) is 1. The van der Waals surface area contributed by atoms with E-state index in [1.165, 1.54) is 0 Å². The number of anilines is 1. The van der Waals surface area contributed by atoms with Crippen molar-refractivity contribution in [3.8, 4) is 0 Å². The Hall–Kier alpha value is -2.02. The van der Waals surface area contributed by atoms with Crippen LogP contribution in [-0.2, 0) is 5.54 Å². The maximum absolute atomic E-state index is 6.26. The Labute approximate surface area is 128 Å². The van der Waals surface area contributed by atoms with Crippen LogP contribution in [0.2, 0.25) is 0 Å². The zero-order valence-corrected chi connectivity index (χ0v) is 12.5. The van der Waals surface area contributed by atoms with Crippen LogP contribution in [0.25, 0.3) is 0 Å². The molecule has 0 amide bonds. The summed E-state index contributed by atoms with van der Waals surface area (Å²) >= 11 is 0. The van der Waals surface area contributed by atoms with Crippen molar-refractivity contribution in [3.05, 3.63) is 30.3 Å². The van der Waals surface area contributed by atoms with E-state index in [1.807, 2.05) is 0 Å². The highest BCUT2D eigenvalue weighted by Crippen LogP contribution is 2.38. The molecule has 1 aliphatic carbocycles. The van der Waals surface area contributed by atoms with Crippen LogP contribution in [0, 0.1) is 0 Å². The fraction of sp³-hybridized carbons (Fsp3) is 0.600. The number of rotatable bonds is 3. The third-order valence-electron chi connectivity index (χ3n) is 4.85. The lowest BCUT2D eigenvalue weighted by Gasteiger charge is -2.34. The molecule has 2 N–H and O–H groups in total. The van der Waals surface area contributed by atoms with Crippen LogP contribution in [0.1, 0.15) is 49.7 Å². The Bertz CT molecular complexity index is 630. The fourth-order valence-electron chi connectivity index (χ4n) is 3.19. The average Bonchev–Trinajstić information content (AvgIpc) is 3.04. The molecular weight excluding hydrogens is 280 g/mol. The van der Waals surface area contributed by atoms with Gasteiger partial charge in [-0.2, -0.15) is 4.98 Å². The molecule has 0 radical (unpaired) electrons. The number of piperidine rings is 1. The minimum atomic E-state index is -0.345. The summed E-state index contributed by atoms with van der Waals surface area (Å²) in [5.74, 6) is 2.68. The Morgan fingerprint density at radius 2 is 2.05 bits per heavy atom. The van der Waals surface area contributed by atoms with Gasteiger partial charge in [0.2, 0.25) is 5.89 Å². The molecule has 1 saturated carbocycles. The van der Waals surface area contributed by atoms with Gasteiger partial charge < -0.3 is 15.2 Å². The van der Waals surface area contributed by atoms with E-state index in [0.717, 1.165) is 56.9 Å². The van der Waals surface area contributed by atoms with Crippen LogP contribution in [0.5, 0.6) is 0 Å². The van der Waals surface area contributed by atoms with E-state index in [2.05, 4.69) is 25.0 Å². The van der Waals surface area contributed by atoms with Crippen molar-refractivity contribution in [1.29, 1.82) is 0 Å². The van der Waals surface area contributed by atoms with Gasteiger partial charge in [-0.1, -0.05) is 5.16 Å². The summed E-state index contributed by atoms with van der Waals surface area (Å²) < 4.78 is 5.48. The molecule has 0 aromatic carbocycles. The summed E-state index contributed by atoms with van der Waals surface area (Å²) in [6.45, 7) is 1.85. The smallest absolute Gasteiger partial charge is 0.229 e. The fourth-order valence-corrected chi connectivity index (χ4v) is 3.19. The summed E-state index contributed by atoms with van der Waals surface area (Å²) in [6.07, 6.45) is 10.3. The average molecular weight is 300 g/mol. The number of nitrogens with zero attached hydrogens (tertiary/aromatic N) is 5. The van der Waals surface area contributed by atoms with Crippen LogP contribution in [-0.4, -0.2) is 33.2 Å². The SMILES string of the molecule is NC1(c2noc(C3CCN(c4cnccn4)CC3)n2)CCC1. The molecule has 0 unspecified atom stereocenters. The first-order chi connectivity index (χ1) is 10.7. The van der Waals surface area contributed by atoms with Crippen molar-refractivity contribution in [2.24, 2.45) is 5.73 Å². The molecule has 0 bridgehead atoms. The second-order valence-corrected chi connectivity index (χ2v) is 6.29. The lowest BCUT2D eigenvalue weighted by atomic mass is 9.77. The van der Waals surface area contributed by atoms with Gasteiger partial charge in [0.15, 0.2) is 5.82 Å². The predicted molar refractivity (Wildman–Crippen MR) is 80.2 cm³/mol. The van der Waals surface area contributed by atoms with E-state index in [-0.39, 0.29) is 5.54 Å². The highest BCUT2D eigenvalue weighted by atomic mass is 16.5. The first-order valence-electron chi connectivity index (χ1n) is 7.88. The molecule has 116 valence electrons. The standard InChI is InChI=1S/C15H20N6O/c16-15(4-1-5-15)14-19-13(22-20-14)11-2-8-21(9-3-11)12-10-17-6-7-18-12/h6-7,10-11H,1-5,8-9,16H2. The minimum Gasteiger partial charge on any atom is -0.355 e. The quantitative estimate of drug-likeness (QED) is 0.919. The third kappa shape index (κ3) is 2.35. The van der Waals surface area contributed by atoms with Crippen LogP contribution >= 0.6 is 0 Å². The highest BCUT2D eigenvalue weighted by molar-refractivity contribution is 5.35. The topological polar surface area (TPSA) is 94.0 Å². The normalized spacial score (nSPS) is 21.6. The van der Waals surface area contributed by atoms with Gasteiger partial charge in [0.25, 0.3) is 0 Å². The van der Waals surface area contributed by atoms with E-state index in [1.54, 1.807) is 18.6 Å². The summed E-state index contributed by atoms with van der Waals surface area (Å²) in [5, 5.41) is 4.12. The van der Waals surface area contributed by atoms with Crippen LogP contribution in [0.4, 0.5) is 5.82 Å². The molecule has 2 aromatic rings. The maximum Gasteiger partial charge on any atom is 0.229 e. The second kappa shape index (κ2) is 5.31. The van der Waals surface area contributed by atoms with Crippen molar-refractivity contribution in [3.63, 3.8) is 0 Å². The molecule has 0 spiro atoms. The molecule has 22 heavy (non-hydrogen) atoms. The third-order valence-corrected chi connectivity index (χ3v) is 4.85. The summed E-state index contributed by atoms with van der Waals surface area (Å²) in [5.41, 5.74) is 5.91. The summed E-state index contributed by atoms with van der Waals surface area (Å²) in [6, 6.07) is 0. The van der Waals surface area contributed by atoms with Crippen molar-refractivity contribution >= 4 is 5.82 Å². The van der Waals surface area contributed by atoms with Gasteiger partial charge in [0.05, 0.1) is 11.7 Å². The molecule has 0 atom stereocenters. The Balaban J connectivity index is 1.41. The van der Waals surface area contributed by atoms with Gasteiger partial charge in [0.1, 0.15) is 5.82 Å². The van der Waals surface area contributed by atoms with Crippen molar-refractivity contribution < 1.29 is 4.52 Å². The molecule has 7 heteroatoms. The van der Waals surface area contributed by atoms with Crippen molar-refractivity contribution in [1.82, 2.24) is 20.1 Å². The molecule has 3 heterocycles. The molecular formula is C15H20N6O. The molecule has 2 aromatic heterocycles. The van der Waals surface area contributed by atoms with E-state index < -0.39 is 0 Å². The Morgan fingerprint density at radius 3 is 2.68 bits per heavy atom. The van der Waals surface area contributed by atoms with Gasteiger partial charge in [-0.05, 0) is 32.1 Å². The zero-order chi connectivity index (χ0) is 15.0. The number of hydrogen-bond donors (Lipinski definition) is 1. The number of aromatic nitrogens is 4. The molecule has 1 aliphatic heterocycles. The largest absolute Gasteiger partial charge is 0.355 e. The summed E-state index contributed by atoms with van der Waals surface area (Å²) in [7, 11) is 0. The van der Waals surface area contributed by atoms with Gasteiger partial charge in [-0.3, -0.25) is 4.98 Å². The molecule has 4 rings (SSSR count). The Kier molecular flexibility index (Phi) is 3.29. The lowest BCUT2D eigenvalue weighted by Crippen LogP contribution is -2.44. The van der Waals surface area contributed by atoms with Gasteiger partial charge >= 0.3 is 0 Å². The van der Waals surface area contributed by atoms with Gasteiger partial charge in [0, 0.05) is 31.4 Å². The lowest BCUT2D eigenvalue weighted by molar-refractivity contribution is 0.228. The Morgan fingerprint density at radius 1 is 1.23 bits per heavy atom. The van der Waals surface area contributed by atoms with Crippen LogP contribution < -0.4 is 10.6 Å². The zero-order valence-electron chi connectivity index (χ0n) is 12.5.